The standard InChI is InChI=1S/C18H23N3O4/c1-6-24-16(22)14-11-15(19-13-10-8-7-9-12(13)2)21(20-14)17(23)25-18(3,4)5/h7-11,19H,6H2,1-5H3. The van der Waals surface area contributed by atoms with E-state index in [0.717, 1.165) is 15.9 Å². The van der Waals surface area contributed by atoms with Gasteiger partial charge in [0.2, 0.25) is 0 Å². The largest absolute Gasteiger partial charge is 0.461 e. The molecule has 1 aromatic carbocycles. The number of benzene rings is 1. The first kappa shape index (κ1) is 18.5. The molecule has 0 aliphatic carbocycles. The van der Waals surface area contributed by atoms with Gasteiger partial charge in [-0.25, -0.2) is 9.59 Å². The van der Waals surface area contributed by atoms with Crippen molar-refractivity contribution in [2.45, 2.75) is 40.2 Å². The van der Waals surface area contributed by atoms with Crippen molar-refractivity contribution >= 4 is 23.6 Å². The van der Waals surface area contributed by atoms with Crippen LogP contribution in [0.4, 0.5) is 16.3 Å². The van der Waals surface area contributed by atoms with E-state index in [1.165, 1.54) is 6.07 Å². The van der Waals surface area contributed by atoms with Gasteiger partial charge in [0, 0.05) is 11.8 Å². The average Bonchev–Trinajstić information content (AvgIpc) is 2.92. The van der Waals surface area contributed by atoms with Crippen molar-refractivity contribution in [2.75, 3.05) is 11.9 Å². The van der Waals surface area contributed by atoms with Crippen molar-refractivity contribution in [3.63, 3.8) is 0 Å². The fourth-order valence-corrected chi connectivity index (χ4v) is 2.07. The summed E-state index contributed by atoms with van der Waals surface area (Å²) in [5.74, 6) is -0.274. The van der Waals surface area contributed by atoms with Gasteiger partial charge in [0.1, 0.15) is 11.4 Å². The Balaban J connectivity index is 2.39. The first-order chi connectivity index (χ1) is 11.7. The fourth-order valence-electron chi connectivity index (χ4n) is 2.07. The number of carbonyl (C=O) groups is 2. The predicted molar refractivity (Wildman–Crippen MR) is 94.3 cm³/mol. The summed E-state index contributed by atoms with van der Waals surface area (Å²) in [6, 6.07) is 9.05. The highest BCUT2D eigenvalue weighted by Crippen LogP contribution is 2.22. The summed E-state index contributed by atoms with van der Waals surface area (Å²) >= 11 is 0. The molecule has 0 fully saturated rings. The minimum atomic E-state index is -0.687. The Hall–Kier alpha value is -2.83. The highest BCUT2D eigenvalue weighted by atomic mass is 16.6. The summed E-state index contributed by atoms with van der Waals surface area (Å²) in [7, 11) is 0. The van der Waals surface area contributed by atoms with Crippen molar-refractivity contribution in [2.24, 2.45) is 0 Å². The normalized spacial score (nSPS) is 11.1. The molecule has 0 radical (unpaired) electrons. The van der Waals surface area contributed by atoms with Gasteiger partial charge in [0.05, 0.1) is 6.61 Å². The first-order valence-electron chi connectivity index (χ1n) is 8.04. The second-order valence-corrected chi connectivity index (χ2v) is 6.47. The van der Waals surface area contributed by atoms with Crippen LogP contribution >= 0.6 is 0 Å². The zero-order valence-corrected chi connectivity index (χ0v) is 15.1. The third-order valence-corrected chi connectivity index (χ3v) is 3.17. The molecule has 1 N–H and O–H groups in total. The highest BCUT2D eigenvalue weighted by Gasteiger charge is 2.24. The van der Waals surface area contributed by atoms with Crippen molar-refractivity contribution < 1.29 is 19.1 Å². The third-order valence-electron chi connectivity index (χ3n) is 3.17. The maximum atomic E-state index is 12.4. The minimum absolute atomic E-state index is 0.0313. The molecule has 134 valence electrons. The molecular formula is C18H23N3O4. The lowest BCUT2D eigenvalue weighted by Gasteiger charge is -2.20. The van der Waals surface area contributed by atoms with Gasteiger partial charge in [0.15, 0.2) is 5.69 Å². The number of rotatable bonds is 4. The van der Waals surface area contributed by atoms with Crippen LogP contribution in [0.5, 0.6) is 0 Å². The van der Waals surface area contributed by atoms with E-state index >= 15 is 0 Å². The smallest absolute Gasteiger partial charge is 0.437 e. The van der Waals surface area contributed by atoms with E-state index in [1.807, 2.05) is 31.2 Å². The number of aromatic nitrogens is 2. The zero-order chi connectivity index (χ0) is 18.6. The number of para-hydroxylation sites is 1. The van der Waals surface area contributed by atoms with Gasteiger partial charge in [-0.05, 0) is 46.2 Å². The van der Waals surface area contributed by atoms with E-state index in [9.17, 15) is 9.59 Å². The van der Waals surface area contributed by atoms with E-state index in [1.54, 1.807) is 27.7 Å². The maximum absolute atomic E-state index is 12.4. The van der Waals surface area contributed by atoms with Gasteiger partial charge in [-0.3, -0.25) is 0 Å². The number of aryl methyl sites for hydroxylation is 1. The van der Waals surface area contributed by atoms with Crippen LogP contribution in [0, 0.1) is 6.92 Å². The van der Waals surface area contributed by atoms with Crippen LogP contribution in [0.3, 0.4) is 0 Å². The van der Waals surface area contributed by atoms with Gasteiger partial charge in [-0.2, -0.15) is 5.10 Å². The topological polar surface area (TPSA) is 82.5 Å². The molecule has 7 nitrogen and oxygen atoms in total. The Morgan fingerprint density at radius 2 is 1.92 bits per heavy atom. The number of anilines is 2. The molecule has 0 bridgehead atoms. The van der Waals surface area contributed by atoms with E-state index < -0.39 is 17.7 Å². The van der Waals surface area contributed by atoms with Crippen LogP contribution < -0.4 is 5.32 Å². The average molecular weight is 345 g/mol. The quantitative estimate of drug-likeness (QED) is 0.846. The molecular weight excluding hydrogens is 322 g/mol. The molecule has 0 atom stereocenters. The summed E-state index contributed by atoms with van der Waals surface area (Å²) in [5, 5.41) is 7.16. The van der Waals surface area contributed by atoms with Gasteiger partial charge in [0.25, 0.3) is 0 Å². The Morgan fingerprint density at radius 1 is 1.24 bits per heavy atom. The molecule has 25 heavy (non-hydrogen) atoms. The number of nitrogens with zero attached hydrogens (tertiary/aromatic N) is 2. The lowest BCUT2D eigenvalue weighted by atomic mass is 10.2. The number of nitrogens with one attached hydrogen (secondary N) is 1. The van der Waals surface area contributed by atoms with Crippen molar-refractivity contribution in [3.8, 4) is 0 Å². The van der Waals surface area contributed by atoms with Crippen molar-refractivity contribution in [1.29, 1.82) is 0 Å². The monoisotopic (exact) mass is 345 g/mol. The van der Waals surface area contributed by atoms with Crippen molar-refractivity contribution in [3.05, 3.63) is 41.6 Å². The molecule has 7 heteroatoms. The Bertz CT molecular complexity index is 775. The van der Waals surface area contributed by atoms with Crippen LogP contribution in [-0.4, -0.2) is 34.1 Å². The van der Waals surface area contributed by atoms with E-state index in [2.05, 4.69) is 10.4 Å². The van der Waals surface area contributed by atoms with E-state index in [4.69, 9.17) is 9.47 Å². The first-order valence-corrected chi connectivity index (χ1v) is 8.04. The molecule has 2 rings (SSSR count). The van der Waals surface area contributed by atoms with E-state index in [-0.39, 0.29) is 12.3 Å². The molecule has 0 unspecified atom stereocenters. The summed E-state index contributed by atoms with van der Waals surface area (Å²) in [4.78, 5) is 24.4. The minimum Gasteiger partial charge on any atom is -0.461 e. The van der Waals surface area contributed by atoms with Crippen LogP contribution in [0.2, 0.25) is 0 Å². The number of ether oxygens (including phenoxy) is 2. The number of hydrogen-bond acceptors (Lipinski definition) is 6. The number of hydrogen-bond donors (Lipinski definition) is 1. The predicted octanol–water partition coefficient (Wildman–Crippen LogP) is 3.90. The van der Waals surface area contributed by atoms with E-state index in [0.29, 0.717) is 5.82 Å². The molecule has 2 aromatic rings. The van der Waals surface area contributed by atoms with Crippen LogP contribution in [0.1, 0.15) is 43.7 Å². The second kappa shape index (κ2) is 7.38. The Labute approximate surface area is 146 Å². The summed E-state index contributed by atoms with van der Waals surface area (Å²) in [6.45, 7) is 9.13. The Kier molecular flexibility index (Phi) is 5.46. The number of esters is 1. The lowest BCUT2D eigenvalue weighted by molar-refractivity contribution is 0.0503. The summed E-state index contributed by atoms with van der Waals surface area (Å²) < 4.78 is 11.3. The molecule has 0 spiro atoms. The van der Waals surface area contributed by atoms with Gasteiger partial charge >= 0.3 is 12.1 Å². The maximum Gasteiger partial charge on any atom is 0.437 e. The summed E-state index contributed by atoms with van der Waals surface area (Å²) in [5.41, 5.74) is 1.12. The van der Waals surface area contributed by atoms with Crippen molar-refractivity contribution in [1.82, 2.24) is 9.78 Å². The van der Waals surface area contributed by atoms with Gasteiger partial charge < -0.3 is 14.8 Å². The van der Waals surface area contributed by atoms with Crippen LogP contribution in [0.25, 0.3) is 0 Å². The Morgan fingerprint density at radius 3 is 2.52 bits per heavy atom. The SMILES string of the molecule is CCOC(=O)c1cc(Nc2ccccc2C)n(C(=O)OC(C)(C)C)n1. The molecule has 1 aromatic heterocycles. The van der Waals surface area contributed by atoms with Crippen LogP contribution in [-0.2, 0) is 9.47 Å². The molecule has 1 heterocycles. The zero-order valence-electron chi connectivity index (χ0n) is 15.1. The summed E-state index contributed by atoms with van der Waals surface area (Å²) in [6.07, 6.45) is -0.681. The molecule has 0 aliphatic rings. The molecule has 0 saturated carbocycles. The fraction of sp³-hybridized carbons (Fsp3) is 0.389. The van der Waals surface area contributed by atoms with Gasteiger partial charge in [-0.1, -0.05) is 18.2 Å². The highest BCUT2D eigenvalue weighted by molar-refractivity contribution is 5.90. The van der Waals surface area contributed by atoms with Gasteiger partial charge in [-0.15, -0.1) is 4.68 Å². The lowest BCUT2D eigenvalue weighted by Crippen LogP contribution is -2.28. The second-order valence-electron chi connectivity index (χ2n) is 6.47. The molecule has 0 amide bonds. The third kappa shape index (κ3) is 4.82. The molecule has 0 saturated heterocycles. The number of carbonyl (C=O) groups excluding carboxylic acids is 2. The van der Waals surface area contributed by atoms with Crippen LogP contribution in [0.15, 0.2) is 30.3 Å². The molecule has 0 aliphatic heterocycles.